The van der Waals surface area contributed by atoms with E-state index in [9.17, 15) is 4.21 Å². The van der Waals surface area contributed by atoms with E-state index in [4.69, 9.17) is 4.55 Å². The molecule has 0 fully saturated rings. The summed E-state index contributed by atoms with van der Waals surface area (Å²) in [6.45, 7) is 5.94. The van der Waals surface area contributed by atoms with Gasteiger partial charge < -0.3 is 0 Å². The highest BCUT2D eigenvalue weighted by Crippen LogP contribution is 2.14. The molecule has 0 aliphatic rings. The van der Waals surface area contributed by atoms with Crippen LogP contribution in [0.3, 0.4) is 0 Å². The first-order valence-electron chi connectivity index (χ1n) is 4.23. The second kappa shape index (κ2) is 4.48. The molecule has 0 aliphatic heterocycles. The Morgan fingerprint density at radius 1 is 1.29 bits per heavy atom. The van der Waals surface area contributed by atoms with Crippen molar-refractivity contribution in [1.82, 2.24) is 0 Å². The molecule has 0 saturated heterocycles. The van der Waals surface area contributed by atoms with Gasteiger partial charge in [-0.1, -0.05) is 17.7 Å². The Morgan fingerprint density at radius 3 is 2.21 bits per heavy atom. The van der Waals surface area contributed by atoms with Crippen LogP contribution in [0.5, 0.6) is 0 Å². The van der Waals surface area contributed by atoms with Crippen molar-refractivity contribution in [3.63, 3.8) is 0 Å². The first-order chi connectivity index (χ1) is 6.50. The minimum atomic E-state index is -2.12. The smallest absolute Gasteiger partial charge is 0.281 e. The lowest BCUT2D eigenvalue weighted by Gasteiger charge is -2.05. The molecule has 14 heavy (non-hydrogen) atoms. The van der Waals surface area contributed by atoms with E-state index < -0.39 is 11.3 Å². The molecule has 0 aromatic heterocycles. The first kappa shape index (κ1) is 11.1. The Labute approximate surface area is 86.3 Å². The van der Waals surface area contributed by atoms with Crippen molar-refractivity contribution in [2.45, 2.75) is 20.8 Å². The highest BCUT2D eigenvalue weighted by molar-refractivity contribution is 7.77. The lowest BCUT2D eigenvalue weighted by Crippen LogP contribution is -1.94. The Bertz CT molecular complexity index is 376. The second-order valence-corrected chi connectivity index (χ2v) is 3.95. The molecule has 1 aromatic rings. The molecule has 0 saturated carbocycles. The first-order valence-corrected chi connectivity index (χ1v) is 5.30. The summed E-state index contributed by atoms with van der Waals surface area (Å²) in [6, 6.07) is 4.04. The summed E-state index contributed by atoms with van der Waals surface area (Å²) in [5.41, 5.74) is 4.23. The number of nitrogens with zero attached hydrogens (tertiary/aromatic N) is 1. The maximum atomic E-state index is 10.4. The van der Waals surface area contributed by atoms with E-state index in [1.165, 1.54) is 11.8 Å². The SMILES string of the molecule is Cc1cc(C)c(C=NS(=O)O)c(C)c1. The van der Waals surface area contributed by atoms with Gasteiger partial charge >= 0.3 is 0 Å². The molecular formula is C10H13NO2S. The zero-order valence-corrected chi connectivity index (χ0v) is 9.26. The maximum Gasteiger partial charge on any atom is 0.281 e. The molecule has 1 rings (SSSR count). The molecule has 76 valence electrons. The van der Waals surface area contributed by atoms with Gasteiger partial charge in [-0.25, -0.2) is 4.21 Å². The molecule has 0 heterocycles. The third-order valence-electron chi connectivity index (χ3n) is 2.01. The summed E-state index contributed by atoms with van der Waals surface area (Å²) < 4.78 is 22.3. The lowest BCUT2D eigenvalue weighted by molar-refractivity contribution is 0.566. The Balaban J connectivity index is 3.15. The molecule has 0 radical (unpaired) electrons. The molecule has 0 spiro atoms. The second-order valence-electron chi connectivity index (χ2n) is 3.28. The molecule has 3 nitrogen and oxygen atoms in total. The molecule has 4 heteroatoms. The van der Waals surface area contributed by atoms with E-state index in [0.29, 0.717) is 0 Å². The minimum Gasteiger partial charge on any atom is -0.288 e. The predicted octanol–water partition coefficient (Wildman–Crippen LogP) is 2.17. The molecule has 1 atom stereocenters. The quantitative estimate of drug-likeness (QED) is 0.602. The standard InChI is InChI=1S/C10H13NO2S/c1-7-4-8(2)10(9(3)5-7)6-11-14(12)13/h4-6H,1-3H3,(H,12,13). The molecule has 1 aromatic carbocycles. The van der Waals surface area contributed by atoms with Gasteiger partial charge in [0.05, 0.1) is 0 Å². The number of hydrogen-bond acceptors (Lipinski definition) is 1. The number of aryl methyl sites for hydroxylation is 3. The van der Waals surface area contributed by atoms with E-state index in [1.807, 2.05) is 32.9 Å². The topological polar surface area (TPSA) is 49.7 Å². The van der Waals surface area contributed by atoms with Gasteiger partial charge in [-0.15, -0.1) is 0 Å². The van der Waals surface area contributed by atoms with Crippen LogP contribution in [0.4, 0.5) is 0 Å². The van der Waals surface area contributed by atoms with Crippen LogP contribution >= 0.6 is 0 Å². The number of rotatable bonds is 2. The maximum absolute atomic E-state index is 10.4. The molecule has 0 amide bonds. The molecule has 1 unspecified atom stereocenters. The number of benzene rings is 1. The highest BCUT2D eigenvalue weighted by atomic mass is 32.2. The van der Waals surface area contributed by atoms with Crippen molar-refractivity contribution in [1.29, 1.82) is 0 Å². The fourth-order valence-electron chi connectivity index (χ4n) is 1.49. The Morgan fingerprint density at radius 2 is 1.79 bits per heavy atom. The Kier molecular flexibility index (Phi) is 3.55. The summed E-state index contributed by atoms with van der Waals surface area (Å²) >= 11 is -2.12. The van der Waals surface area contributed by atoms with Crippen molar-refractivity contribution in [3.8, 4) is 0 Å². The Hall–Kier alpha value is -1.00. The largest absolute Gasteiger partial charge is 0.288 e. The van der Waals surface area contributed by atoms with Gasteiger partial charge in [-0.3, -0.25) is 4.55 Å². The summed E-state index contributed by atoms with van der Waals surface area (Å²) in [4.78, 5) is 0. The van der Waals surface area contributed by atoms with Gasteiger partial charge in [0.15, 0.2) is 0 Å². The van der Waals surface area contributed by atoms with Crippen LogP contribution in [0.2, 0.25) is 0 Å². The average molecular weight is 211 g/mol. The van der Waals surface area contributed by atoms with Gasteiger partial charge in [0, 0.05) is 6.21 Å². The lowest BCUT2D eigenvalue weighted by atomic mass is 10.0. The average Bonchev–Trinajstić information content (AvgIpc) is 2.01. The van der Waals surface area contributed by atoms with Crippen molar-refractivity contribution in [2.75, 3.05) is 0 Å². The van der Waals surface area contributed by atoms with Crippen molar-refractivity contribution < 1.29 is 8.76 Å². The van der Waals surface area contributed by atoms with Gasteiger partial charge in [-0.2, -0.15) is 4.40 Å². The predicted molar refractivity (Wildman–Crippen MR) is 59.0 cm³/mol. The minimum absolute atomic E-state index is 0.915. The van der Waals surface area contributed by atoms with Crippen molar-refractivity contribution >= 4 is 17.5 Å². The summed E-state index contributed by atoms with van der Waals surface area (Å²) in [5.74, 6) is 0. The van der Waals surface area contributed by atoms with Gasteiger partial charge in [0.25, 0.3) is 11.3 Å². The van der Waals surface area contributed by atoms with Gasteiger partial charge in [0.1, 0.15) is 0 Å². The fourth-order valence-corrected chi connectivity index (χ4v) is 1.69. The summed E-state index contributed by atoms with van der Waals surface area (Å²) in [7, 11) is 0. The third-order valence-corrected chi connectivity index (χ3v) is 2.30. The summed E-state index contributed by atoms with van der Waals surface area (Å²) in [6.07, 6.45) is 1.44. The van der Waals surface area contributed by atoms with E-state index in [2.05, 4.69) is 4.40 Å². The van der Waals surface area contributed by atoms with Crippen LogP contribution in [0.1, 0.15) is 22.3 Å². The molecule has 0 aliphatic carbocycles. The third kappa shape index (κ3) is 2.75. The highest BCUT2D eigenvalue weighted by Gasteiger charge is 2.00. The monoisotopic (exact) mass is 211 g/mol. The molecule has 0 bridgehead atoms. The van der Waals surface area contributed by atoms with Crippen LogP contribution in [0.15, 0.2) is 16.5 Å². The van der Waals surface area contributed by atoms with Crippen molar-refractivity contribution in [3.05, 3.63) is 34.4 Å². The molecule has 1 N–H and O–H groups in total. The van der Waals surface area contributed by atoms with Crippen molar-refractivity contribution in [2.24, 2.45) is 4.40 Å². The van der Waals surface area contributed by atoms with Crippen LogP contribution in [0, 0.1) is 20.8 Å². The zero-order valence-electron chi connectivity index (χ0n) is 8.44. The molecular weight excluding hydrogens is 198 g/mol. The van der Waals surface area contributed by atoms with Crippen LogP contribution in [0.25, 0.3) is 0 Å². The fraction of sp³-hybridized carbons (Fsp3) is 0.300. The van der Waals surface area contributed by atoms with Crippen LogP contribution < -0.4 is 0 Å². The number of hydrogen-bond donors (Lipinski definition) is 1. The van der Waals surface area contributed by atoms with E-state index in [0.717, 1.165) is 16.7 Å². The van der Waals surface area contributed by atoms with Crippen LogP contribution in [-0.4, -0.2) is 15.0 Å². The van der Waals surface area contributed by atoms with Gasteiger partial charge in [0.2, 0.25) is 0 Å². The van der Waals surface area contributed by atoms with E-state index >= 15 is 0 Å². The van der Waals surface area contributed by atoms with Gasteiger partial charge in [-0.05, 0) is 37.5 Å². The van der Waals surface area contributed by atoms with E-state index in [-0.39, 0.29) is 0 Å². The zero-order chi connectivity index (χ0) is 10.7. The van der Waals surface area contributed by atoms with Crippen LogP contribution in [-0.2, 0) is 11.3 Å². The summed E-state index contributed by atoms with van der Waals surface area (Å²) in [5, 5.41) is 0. The van der Waals surface area contributed by atoms with E-state index in [1.54, 1.807) is 0 Å². The normalized spacial score (nSPS) is 13.4.